The molecule has 0 bridgehead atoms. The minimum Gasteiger partial charge on any atom is -0.492 e. The molecule has 176 valence electrons. The van der Waals surface area contributed by atoms with E-state index in [-0.39, 0.29) is 23.4 Å². The number of piperidine rings is 1. The zero-order valence-corrected chi connectivity index (χ0v) is 19.8. The average Bonchev–Trinajstić information content (AvgIpc) is 2.81. The molecule has 0 saturated carbocycles. The van der Waals surface area contributed by atoms with E-state index in [0.29, 0.717) is 30.0 Å². The molecule has 1 saturated heterocycles. The fourth-order valence-electron chi connectivity index (χ4n) is 4.95. The maximum absolute atomic E-state index is 13.5. The van der Waals surface area contributed by atoms with Gasteiger partial charge in [-0.2, -0.15) is 0 Å². The summed E-state index contributed by atoms with van der Waals surface area (Å²) < 4.78 is 33.6. The van der Waals surface area contributed by atoms with Crippen LogP contribution in [0.15, 0.2) is 59.0 Å². The third kappa shape index (κ3) is 4.25. The number of fused-ring (bicyclic) bond motifs is 2. The highest BCUT2D eigenvalue weighted by Crippen LogP contribution is 2.30. The number of ether oxygens (including phenoxy) is 1. The second-order valence-electron chi connectivity index (χ2n) is 9.04. The molecule has 2 heterocycles. The summed E-state index contributed by atoms with van der Waals surface area (Å²) in [7, 11) is -3.60. The monoisotopic (exact) mass is 477 g/mol. The normalized spacial score (nSPS) is 19.4. The molecule has 0 aromatic heterocycles. The van der Waals surface area contributed by atoms with Gasteiger partial charge < -0.3 is 15.4 Å². The fourth-order valence-corrected chi connectivity index (χ4v) is 6.04. The van der Waals surface area contributed by atoms with E-state index in [1.807, 2.05) is 42.2 Å². The van der Waals surface area contributed by atoms with Crippen molar-refractivity contribution < 1.29 is 17.9 Å². The smallest absolute Gasteiger partial charge is 0.259 e. The molecule has 2 N–H and O–H groups in total. The SMILES string of the molecule is Cc1ccc2ccccc2c1C(=O)N1CCC[C@H](COc2cccc3c2C(N)=NS(=O)(=O)C3)C1. The van der Waals surface area contributed by atoms with E-state index in [4.69, 9.17) is 10.5 Å². The molecule has 5 rings (SSSR count). The van der Waals surface area contributed by atoms with Gasteiger partial charge in [-0.3, -0.25) is 4.79 Å². The van der Waals surface area contributed by atoms with Crippen molar-refractivity contribution in [2.45, 2.75) is 25.5 Å². The summed E-state index contributed by atoms with van der Waals surface area (Å²) in [6.07, 6.45) is 1.85. The van der Waals surface area contributed by atoms with Gasteiger partial charge in [-0.25, -0.2) is 8.42 Å². The Labute approximate surface area is 199 Å². The lowest BCUT2D eigenvalue weighted by molar-refractivity contribution is 0.0634. The number of hydrogen-bond acceptors (Lipinski definition) is 5. The second-order valence-corrected chi connectivity index (χ2v) is 10.7. The second kappa shape index (κ2) is 8.76. The third-order valence-corrected chi connectivity index (χ3v) is 7.73. The van der Waals surface area contributed by atoms with Crippen LogP contribution in [0.4, 0.5) is 0 Å². The molecule has 1 amide bonds. The Morgan fingerprint density at radius 2 is 1.97 bits per heavy atom. The Bertz CT molecular complexity index is 1410. The van der Waals surface area contributed by atoms with Gasteiger partial charge in [-0.1, -0.05) is 48.5 Å². The van der Waals surface area contributed by atoms with E-state index < -0.39 is 10.0 Å². The number of carbonyl (C=O) groups is 1. The number of likely N-dealkylation sites (tertiary alicyclic amines) is 1. The molecule has 3 aromatic rings. The number of amides is 1. The Kier molecular flexibility index (Phi) is 5.77. The van der Waals surface area contributed by atoms with Crippen molar-refractivity contribution in [2.75, 3.05) is 19.7 Å². The number of carbonyl (C=O) groups excluding carboxylic acids is 1. The molecule has 1 atom stereocenters. The molecule has 0 spiro atoms. The summed E-state index contributed by atoms with van der Waals surface area (Å²) in [5, 5.41) is 2.04. The van der Waals surface area contributed by atoms with Crippen LogP contribution in [-0.4, -0.2) is 44.8 Å². The molecule has 3 aromatic carbocycles. The molecular weight excluding hydrogens is 450 g/mol. The number of sulfonamides is 1. The van der Waals surface area contributed by atoms with Gasteiger partial charge in [0.05, 0.1) is 23.5 Å². The number of nitrogens with two attached hydrogens (primary N) is 1. The Morgan fingerprint density at radius 1 is 1.15 bits per heavy atom. The summed E-state index contributed by atoms with van der Waals surface area (Å²) in [6.45, 7) is 3.72. The molecule has 0 unspecified atom stereocenters. The number of hydrogen-bond donors (Lipinski definition) is 1. The highest BCUT2D eigenvalue weighted by atomic mass is 32.2. The quantitative estimate of drug-likeness (QED) is 0.618. The van der Waals surface area contributed by atoms with Crippen LogP contribution in [0.5, 0.6) is 5.75 Å². The number of aryl methyl sites for hydroxylation is 1. The summed E-state index contributed by atoms with van der Waals surface area (Å²) in [4.78, 5) is 15.5. The summed E-state index contributed by atoms with van der Waals surface area (Å²) in [5.74, 6) is 0.522. The Morgan fingerprint density at radius 3 is 2.82 bits per heavy atom. The maximum Gasteiger partial charge on any atom is 0.259 e. The van der Waals surface area contributed by atoms with Crippen molar-refractivity contribution in [3.05, 3.63) is 76.9 Å². The van der Waals surface area contributed by atoms with Gasteiger partial charge in [0, 0.05) is 19.0 Å². The Balaban J connectivity index is 1.33. The van der Waals surface area contributed by atoms with Crippen molar-refractivity contribution in [3.63, 3.8) is 0 Å². The van der Waals surface area contributed by atoms with E-state index in [1.54, 1.807) is 18.2 Å². The van der Waals surface area contributed by atoms with Crippen LogP contribution < -0.4 is 10.5 Å². The molecular formula is C26H27N3O4S. The molecule has 0 radical (unpaired) electrons. The van der Waals surface area contributed by atoms with Gasteiger partial charge in [0.15, 0.2) is 0 Å². The molecule has 7 nitrogen and oxygen atoms in total. The summed E-state index contributed by atoms with van der Waals surface area (Å²) in [6, 6.07) is 17.3. The minimum absolute atomic E-state index is 0.0382. The van der Waals surface area contributed by atoms with Gasteiger partial charge >= 0.3 is 0 Å². The van der Waals surface area contributed by atoms with Crippen molar-refractivity contribution >= 4 is 32.5 Å². The molecule has 2 aliphatic heterocycles. The van der Waals surface area contributed by atoms with Gasteiger partial charge in [0.1, 0.15) is 11.6 Å². The van der Waals surface area contributed by atoms with Crippen molar-refractivity contribution in [1.82, 2.24) is 4.90 Å². The predicted molar refractivity (Wildman–Crippen MR) is 133 cm³/mol. The average molecular weight is 478 g/mol. The van der Waals surface area contributed by atoms with Crippen LogP contribution in [0, 0.1) is 12.8 Å². The van der Waals surface area contributed by atoms with Gasteiger partial charge in [-0.15, -0.1) is 4.40 Å². The zero-order chi connectivity index (χ0) is 23.9. The molecule has 34 heavy (non-hydrogen) atoms. The largest absolute Gasteiger partial charge is 0.492 e. The first-order valence-electron chi connectivity index (χ1n) is 11.4. The third-order valence-electron chi connectivity index (χ3n) is 6.58. The Hall–Kier alpha value is -3.39. The van der Waals surface area contributed by atoms with Crippen LogP contribution >= 0.6 is 0 Å². The van der Waals surface area contributed by atoms with E-state index in [2.05, 4.69) is 10.5 Å². The topological polar surface area (TPSA) is 102 Å². The number of rotatable bonds is 4. The van der Waals surface area contributed by atoms with Crippen LogP contribution in [0.3, 0.4) is 0 Å². The maximum atomic E-state index is 13.5. The lowest BCUT2D eigenvalue weighted by Crippen LogP contribution is -2.42. The van der Waals surface area contributed by atoms with Gasteiger partial charge in [0.2, 0.25) is 0 Å². The van der Waals surface area contributed by atoms with E-state index >= 15 is 0 Å². The zero-order valence-electron chi connectivity index (χ0n) is 19.0. The first-order chi connectivity index (χ1) is 16.3. The first kappa shape index (κ1) is 22.4. The van der Waals surface area contributed by atoms with Crippen LogP contribution in [0.25, 0.3) is 10.8 Å². The highest BCUT2D eigenvalue weighted by Gasteiger charge is 2.28. The molecule has 0 aliphatic carbocycles. The predicted octanol–water partition coefficient (Wildman–Crippen LogP) is 3.63. The van der Waals surface area contributed by atoms with Crippen LogP contribution in [-0.2, 0) is 15.8 Å². The van der Waals surface area contributed by atoms with Crippen LogP contribution in [0.1, 0.15) is 39.9 Å². The number of amidine groups is 1. The van der Waals surface area contributed by atoms with E-state index in [9.17, 15) is 13.2 Å². The highest BCUT2D eigenvalue weighted by molar-refractivity contribution is 7.89. The lowest BCUT2D eigenvalue weighted by Gasteiger charge is -2.33. The fraction of sp³-hybridized carbons (Fsp3) is 0.308. The van der Waals surface area contributed by atoms with Crippen molar-refractivity contribution in [3.8, 4) is 5.75 Å². The summed E-state index contributed by atoms with van der Waals surface area (Å²) >= 11 is 0. The minimum atomic E-state index is -3.60. The van der Waals surface area contributed by atoms with Gasteiger partial charge in [0.25, 0.3) is 15.9 Å². The van der Waals surface area contributed by atoms with Crippen molar-refractivity contribution in [1.29, 1.82) is 0 Å². The number of benzene rings is 3. The van der Waals surface area contributed by atoms with E-state index in [0.717, 1.165) is 41.3 Å². The lowest BCUT2D eigenvalue weighted by atomic mass is 9.95. The first-order valence-corrected chi connectivity index (χ1v) is 13.0. The van der Waals surface area contributed by atoms with Crippen molar-refractivity contribution in [2.24, 2.45) is 16.0 Å². The van der Waals surface area contributed by atoms with Crippen LogP contribution in [0.2, 0.25) is 0 Å². The molecule has 2 aliphatic rings. The standard InChI is InChI=1S/C26H27N3O4S/c1-17-11-12-19-7-2-3-9-21(19)23(17)26(30)29-13-5-6-18(14-29)15-33-22-10-4-8-20-16-34(31,32)28-25(27)24(20)22/h2-4,7-12,18H,5-6,13-16H2,1H3,(H2,27,28)/t18-/m0/s1. The summed E-state index contributed by atoms with van der Waals surface area (Å²) in [5.41, 5.74) is 8.84. The number of nitrogens with zero attached hydrogens (tertiary/aromatic N) is 2. The molecule has 1 fully saturated rings. The molecule has 8 heteroatoms. The van der Waals surface area contributed by atoms with Gasteiger partial charge in [-0.05, 0) is 47.7 Å². The van der Waals surface area contributed by atoms with E-state index in [1.165, 1.54) is 0 Å².